The molecule has 3 aromatic carbocycles. The molecular weight excluding hydrogens is 343 g/mol. The summed E-state index contributed by atoms with van der Waals surface area (Å²) < 4.78 is 18.5. The Balaban J connectivity index is 1.47. The fourth-order valence-corrected chi connectivity index (χ4v) is 2.59. The van der Waals surface area contributed by atoms with Gasteiger partial charge in [-0.1, -0.05) is 30.3 Å². The topological polar surface area (TPSA) is 50.4 Å². The van der Waals surface area contributed by atoms with Crippen molar-refractivity contribution in [3.63, 3.8) is 0 Å². The molecule has 0 aliphatic heterocycles. The summed E-state index contributed by atoms with van der Waals surface area (Å²) in [6.07, 6.45) is 0. The first-order valence-corrected chi connectivity index (χ1v) is 8.70. The standard InChI is InChI=1S/C22H21FN2O2/c1-16(17-7-9-18(23)10-8-17)24-22(26)15-27-21-13-11-20(12-14-21)25-19-5-3-2-4-6-19/h2-14,16,25H,15H2,1H3,(H,24,26). The zero-order valence-corrected chi connectivity index (χ0v) is 15.0. The van der Waals surface area contributed by atoms with E-state index in [-0.39, 0.29) is 24.4 Å². The Bertz CT molecular complexity index is 865. The van der Waals surface area contributed by atoms with Crippen LogP contribution in [0.4, 0.5) is 15.8 Å². The van der Waals surface area contributed by atoms with Gasteiger partial charge in [0.25, 0.3) is 5.91 Å². The average molecular weight is 364 g/mol. The second-order valence-corrected chi connectivity index (χ2v) is 6.14. The molecule has 2 N–H and O–H groups in total. The van der Waals surface area contributed by atoms with Crippen LogP contribution in [0.1, 0.15) is 18.5 Å². The van der Waals surface area contributed by atoms with Gasteiger partial charge >= 0.3 is 0 Å². The van der Waals surface area contributed by atoms with Crippen molar-refractivity contribution in [3.05, 3.63) is 90.2 Å². The van der Waals surface area contributed by atoms with Crippen LogP contribution < -0.4 is 15.4 Å². The highest BCUT2D eigenvalue weighted by Crippen LogP contribution is 2.20. The summed E-state index contributed by atoms with van der Waals surface area (Å²) in [5, 5.41) is 6.11. The molecule has 4 nitrogen and oxygen atoms in total. The van der Waals surface area contributed by atoms with E-state index in [4.69, 9.17) is 4.74 Å². The number of rotatable bonds is 7. The normalized spacial score (nSPS) is 11.5. The highest BCUT2D eigenvalue weighted by Gasteiger charge is 2.10. The molecule has 0 aliphatic carbocycles. The lowest BCUT2D eigenvalue weighted by molar-refractivity contribution is -0.123. The highest BCUT2D eigenvalue weighted by atomic mass is 19.1. The van der Waals surface area contributed by atoms with Crippen LogP contribution in [0.5, 0.6) is 5.75 Å². The predicted molar refractivity (Wildman–Crippen MR) is 105 cm³/mol. The van der Waals surface area contributed by atoms with E-state index in [0.29, 0.717) is 5.75 Å². The van der Waals surface area contributed by atoms with E-state index in [0.717, 1.165) is 16.9 Å². The Hall–Kier alpha value is -3.34. The zero-order valence-electron chi connectivity index (χ0n) is 15.0. The summed E-state index contributed by atoms with van der Waals surface area (Å²) in [7, 11) is 0. The molecule has 0 radical (unpaired) electrons. The molecule has 0 aromatic heterocycles. The number of para-hydroxylation sites is 1. The molecule has 1 atom stereocenters. The second kappa shape index (κ2) is 8.85. The molecule has 0 saturated heterocycles. The molecule has 0 fully saturated rings. The first-order valence-electron chi connectivity index (χ1n) is 8.70. The Morgan fingerprint density at radius 2 is 1.56 bits per heavy atom. The number of anilines is 2. The number of carbonyl (C=O) groups is 1. The lowest BCUT2D eigenvalue weighted by Crippen LogP contribution is -2.31. The third-order valence-electron chi connectivity index (χ3n) is 4.03. The van der Waals surface area contributed by atoms with Crippen molar-refractivity contribution in [1.29, 1.82) is 0 Å². The summed E-state index contributed by atoms with van der Waals surface area (Å²) >= 11 is 0. The zero-order chi connectivity index (χ0) is 19.1. The number of hydrogen-bond acceptors (Lipinski definition) is 3. The first-order chi connectivity index (χ1) is 13.1. The van der Waals surface area contributed by atoms with Gasteiger partial charge in [0.15, 0.2) is 6.61 Å². The maximum atomic E-state index is 13.0. The van der Waals surface area contributed by atoms with Gasteiger partial charge in [-0.15, -0.1) is 0 Å². The summed E-state index contributed by atoms with van der Waals surface area (Å²) in [5.41, 5.74) is 2.77. The minimum atomic E-state index is -0.300. The van der Waals surface area contributed by atoms with Gasteiger partial charge in [-0.2, -0.15) is 0 Å². The maximum absolute atomic E-state index is 13.0. The highest BCUT2D eigenvalue weighted by molar-refractivity contribution is 5.78. The average Bonchev–Trinajstić information content (AvgIpc) is 2.69. The molecule has 1 unspecified atom stereocenters. The van der Waals surface area contributed by atoms with E-state index in [9.17, 15) is 9.18 Å². The summed E-state index contributed by atoms with van der Waals surface area (Å²) in [6.45, 7) is 1.76. The SMILES string of the molecule is CC(NC(=O)COc1ccc(Nc2ccccc2)cc1)c1ccc(F)cc1. The van der Waals surface area contributed by atoms with Gasteiger partial charge in [-0.25, -0.2) is 4.39 Å². The van der Waals surface area contributed by atoms with E-state index in [1.54, 1.807) is 12.1 Å². The van der Waals surface area contributed by atoms with Crippen LogP contribution >= 0.6 is 0 Å². The van der Waals surface area contributed by atoms with Crippen LogP contribution in [-0.2, 0) is 4.79 Å². The monoisotopic (exact) mass is 364 g/mol. The number of hydrogen-bond donors (Lipinski definition) is 2. The minimum absolute atomic E-state index is 0.0863. The van der Waals surface area contributed by atoms with E-state index in [1.165, 1.54) is 12.1 Å². The quantitative estimate of drug-likeness (QED) is 0.632. The largest absolute Gasteiger partial charge is 0.484 e. The van der Waals surface area contributed by atoms with Crippen molar-refractivity contribution < 1.29 is 13.9 Å². The van der Waals surface area contributed by atoms with Gasteiger partial charge in [0.1, 0.15) is 11.6 Å². The minimum Gasteiger partial charge on any atom is -0.484 e. The fourth-order valence-electron chi connectivity index (χ4n) is 2.59. The molecular formula is C22H21FN2O2. The number of ether oxygens (including phenoxy) is 1. The van der Waals surface area contributed by atoms with Crippen LogP contribution in [0, 0.1) is 5.82 Å². The van der Waals surface area contributed by atoms with Crippen molar-refractivity contribution in [3.8, 4) is 5.75 Å². The Morgan fingerprint density at radius 1 is 0.926 bits per heavy atom. The predicted octanol–water partition coefficient (Wildman–Crippen LogP) is 4.83. The Kier molecular flexibility index (Phi) is 6.05. The van der Waals surface area contributed by atoms with E-state index < -0.39 is 0 Å². The van der Waals surface area contributed by atoms with Crippen molar-refractivity contribution >= 4 is 17.3 Å². The second-order valence-electron chi connectivity index (χ2n) is 6.14. The molecule has 138 valence electrons. The third-order valence-corrected chi connectivity index (χ3v) is 4.03. The number of carbonyl (C=O) groups excluding carboxylic acids is 1. The Labute approximate surface area is 158 Å². The lowest BCUT2D eigenvalue weighted by atomic mass is 10.1. The van der Waals surface area contributed by atoms with Crippen molar-refractivity contribution in [2.75, 3.05) is 11.9 Å². The third kappa shape index (κ3) is 5.57. The summed E-state index contributed by atoms with van der Waals surface area (Å²) in [4.78, 5) is 12.1. The molecule has 0 heterocycles. The fraction of sp³-hybridized carbons (Fsp3) is 0.136. The molecule has 0 saturated carbocycles. The van der Waals surface area contributed by atoms with Gasteiger partial charge < -0.3 is 15.4 Å². The van der Waals surface area contributed by atoms with Gasteiger partial charge in [0.05, 0.1) is 6.04 Å². The van der Waals surface area contributed by atoms with Crippen molar-refractivity contribution in [1.82, 2.24) is 5.32 Å². The van der Waals surface area contributed by atoms with Gasteiger partial charge in [0, 0.05) is 11.4 Å². The van der Waals surface area contributed by atoms with Gasteiger partial charge in [0.2, 0.25) is 0 Å². The van der Waals surface area contributed by atoms with Crippen molar-refractivity contribution in [2.45, 2.75) is 13.0 Å². The Morgan fingerprint density at radius 3 is 2.22 bits per heavy atom. The van der Waals surface area contributed by atoms with E-state index in [2.05, 4.69) is 10.6 Å². The van der Waals surface area contributed by atoms with Crippen LogP contribution in [0.2, 0.25) is 0 Å². The first kappa shape index (κ1) is 18.5. The number of benzene rings is 3. The van der Waals surface area contributed by atoms with E-state index >= 15 is 0 Å². The molecule has 3 rings (SSSR count). The summed E-state index contributed by atoms with van der Waals surface area (Å²) in [5.74, 6) is 0.0716. The van der Waals surface area contributed by atoms with Crippen LogP contribution in [-0.4, -0.2) is 12.5 Å². The number of halogens is 1. The molecule has 1 amide bonds. The molecule has 0 aliphatic rings. The molecule has 27 heavy (non-hydrogen) atoms. The van der Waals surface area contributed by atoms with Gasteiger partial charge in [-0.05, 0) is 61.0 Å². The lowest BCUT2D eigenvalue weighted by Gasteiger charge is -2.15. The molecule has 5 heteroatoms. The number of amides is 1. The smallest absolute Gasteiger partial charge is 0.258 e. The summed E-state index contributed by atoms with van der Waals surface area (Å²) in [6, 6.07) is 23.1. The van der Waals surface area contributed by atoms with E-state index in [1.807, 2.05) is 61.5 Å². The number of nitrogens with one attached hydrogen (secondary N) is 2. The molecule has 0 bridgehead atoms. The molecule has 0 spiro atoms. The molecule has 3 aromatic rings. The maximum Gasteiger partial charge on any atom is 0.258 e. The van der Waals surface area contributed by atoms with Crippen LogP contribution in [0.15, 0.2) is 78.9 Å². The van der Waals surface area contributed by atoms with Gasteiger partial charge in [-0.3, -0.25) is 4.79 Å². The van der Waals surface area contributed by atoms with Crippen LogP contribution in [0.25, 0.3) is 0 Å². The van der Waals surface area contributed by atoms with Crippen LogP contribution in [0.3, 0.4) is 0 Å². The van der Waals surface area contributed by atoms with Crippen molar-refractivity contribution in [2.24, 2.45) is 0 Å².